The predicted molar refractivity (Wildman–Crippen MR) is 161 cm³/mol. The third kappa shape index (κ3) is 7.25. The van der Waals surface area contributed by atoms with Crippen molar-refractivity contribution in [3.05, 3.63) is 48.7 Å². The summed E-state index contributed by atoms with van der Waals surface area (Å²) in [5, 5.41) is 2.57. The van der Waals surface area contributed by atoms with Crippen molar-refractivity contribution < 1.29 is 22.7 Å². The molecule has 2 saturated carbocycles. The van der Waals surface area contributed by atoms with E-state index < -0.39 is 20.7 Å². The predicted octanol–water partition coefficient (Wildman–Crippen LogP) is 3.03. The van der Waals surface area contributed by atoms with Crippen LogP contribution in [0.4, 0.5) is 11.8 Å². The Hall–Kier alpha value is -3.75. The van der Waals surface area contributed by atoms with E-state index in [0.717, 1.165) is 24.9 Å². The van der Waals surface area contributed by atoms with E-state index in [4.69, 9.17) is 9.47 Å². The summed E-state index contributed by atoms with van der Waals surface area (Å²) in [5.41, 5.74) is 0.806. The van der Waals surface area contributed by atoms with Gasteiger partial charge in [0, 0.05) is 37.7 Å². The fourth-order valence-electron chi connectivity index (χ4n) is 5.38. The van der Waals surface area contributed by atoms with E-state index in [1.807, 2.05) is 13.0 Å². The van der Waals surface area contributed by atoms with E-state index in [1.54, 1.807) is 37.8 Å². The molecule has 5 rings (SSSR count). The topological polar surface area (TPSA) is 161 Å². The van der Waals surface area contributed by atoms with Gasteiger partial charge in [0.05, 0.1) is 47.7 Å². The quantitative estimate of drug-likeness (QED) is 0.293. The van der Waals surface area contributed by atoms with Crippen molar-refractivity contribution in [2.24, 2.45) is 0 Å². The molecule has 13 nitrogen and oxygen atoms in total. The number of hydrogen-bond donors (Lipinski definition) is 2. The van der Waals surface area contributed by atoms with Crippen LogP contribution in [0.1, 0.15) is 51.1 Å². The minimum absolute atomic E-state index is 0.0196. The lowest BCUT2D eigenvalue weighted by molar-refractivity contribution is -0.123. The average molecular weight is 611 g/mol. The standard InChI is InChI=1S/C29H38N8O5S/c1-4-42-26-19-30-18-23(33-26)20-5-8-25(32-17-20)35-27(38)29(12-9-21(10-13-29)37(2)15-16-41-3)24-11-14-31-28(34-24)36-43(39,40)22-6-7-22/h5,8,11,14,17-19,21-22H,4,6-7,9-10,12-13,15-16H2,1-3H3,(H,31,34,36)(H,32,35,38). The molecule has 3 heterocycles. The summed E-state index contributed by atoms with van der Waals surface area (Å²) in [5.74, 6) is 0.531. The van der Waals surface area contributed by atoms with E-state index in [1.165, 1.54) is 6.20 Å². The second-order valence-corrected chi connectivity index (χ2v) is 12.9. The van der Waals surface area contributed by atoms with Crippen LogP contribution < -0.4 is 14.8 Å². The number of likely N-dealkylation sites (N-methyl/N-ethyl adjacent to an activating group) is 1. The summed E-state index contributed by atoms with van der Waals surface area (Å²) >= 11 is 0. The van der Waals surface area contributed by atoms with Crippen molar-refractivity contribution in [2.75, 3.05) is 44.0 Å². The molecule has 0 spiro atoms. The van der Waals surface area contributed by atoms with Gasteiger partial charge in [-0.05, 0) is 70.7 Å². The van der Waals surface area contributed by atoms with Crippen LogP contribution in [0.25, 0.3) is 11.3 Å². The van der Waals surface area contributed by atoms with E-state index in [2.05, 4.69) is 46.9 Å². The van der Waals surface area contributed by atoms with Crippen molar-refractivity contribution in [2.45, 2.75) is 62.2 Å². The molecule has 3 aromatic heterocycles. The first-order valence-corrected chi connectivity index (χ1v) is 16.1. The number of methoxy groups -OCH3 is 1. The molecule has 2 fully saturated rings. The molecular weight excluding hydrogens is 572 g/mol. The molecular formula is C29H38N8O5S. The van der Waals surface area contributed by atoms with E-state index in [0.29, 0.717) is 62.0 Å². The van der Waals surface area contributed by atoms with Crippen molar-refractivity contribution in [3.63, 3.8) is 0 Å². The van der Waals surface area contributed by atoms with Crippen LogP contribution in [0.2, 0.25) is 0 Å². The van der Waals surface area contributed by atoms with Crippen LogP contribution >= 0.6 is 0 Å². The first-order valence-electron chi connectivity index (χ1n) is 14.5. The summed E-state index contributed by atoms with van der Waals surface area (Å²) in [6.07, 6.45) is 10.1. The number of hydrogen-bond acceptors (Lipinski definition) is 11. The van der Waals surface area contributed by atoms with Crippen LogP contribution in [0.3, 0.4) is 0 Å². The molecule has 3 aromatic rings. The SMILES string of the molecule is CCOc1cncc(-c2ccc(NC(=O)C3(c4ccnc(NS(=O)(=O)C5CC5)n4)CCC(N(C)CCOC)CC3)nc2)n1. The number of rotatable bonds is 13. The Morgan fingerprint density at radius 2 is 1.86 bits per heavy atom. The average Bonchev–Trinajstić information content (AvgIpc) is 3.87. The third-order valence-corrected chi connectivity index (χ3v) is 9.88. The summed E-state index contributed by atoms with van der Waals surface area (Å²) in [6.45, 7) is 3.77. The highest BCUT2D eigenvalue weighted by Gasteiger charge is 2.46. The van der Waals surface area contributed by atoms with Gasteiger partial charge in [-0.2, -0.15) is 0 Å². The molecule has 0 saturated heterocycles. The number of ether oxygens (including phenoxy) is 2. The lowest BCUT2D eigenvalue weighted by atomic mass is 9.69. The Morgan fingerprint density at radius 3 is 2.53 bits per heavy atom. The number of nitrogens with one attached hydrogen (secondary N) is 2. The van der Waals surface area contributed by atoms with Gasteiger partial charge in [-0.3, -0.25) is 14.5 Å². The van der Waals surface area contributed by atoms with Crippen molar-refractivity contribution in [1.82, 2.24) is 29.8 Å². The maximum Gasteiger partial charge on any atom is 0.237 e. The summed E-state index contributed by atoms with van der Waals surface area (Å²) in [4.78, 5) is 38.2. The Labute approximate surface area is 251 Å². The lowest BCUT2D eigenvalue weighted by Crippen LogP contribution is -2.48. The number of sulfonamides is 1. The van der Waals surface area contributed by atoms with Crippen LogP contribution in [0.5, 0.6) is 5.88 Å². The first-order chi connectivity index (χ1) is 20.7. The van der Waals surface area contributed by atoms with Gasteiger partial charge in [0.2, 0.25) is 27.8 Å². The molecule has 230 valence electrons. The van der Waals surface area contributed by atoms with E-state index in [9.17, 15) is 13.2 Å². The molecule has 43 heavy (non-hydrogen) atoms. The third-order valence-electron chi connectivity index (χ3n) is 8.06. The molecule has 0 unspecified atom stereocenters. The normalized spacial score (nSPS) is 20.5. The van der Waals surface area contributed by atoms with Crippen molar-refractivity contribution in [3.8, 4) is 17.1 Å². The molecule has 0 radical (unpaired) electrons. The monoisotopic (exact) mass is 610 g/mol. The molecule has 0 aliphatic heterocycles. The zero-order chi connectivity index (χ0) is 30.5. The highest BCUT2D eigenvalue weighted by atomic mass is 32.2. The summed E-state index contributed by atoms with van der Waals surface area (Å²) in [7, 11) is 0.183. The number of anilines is 2. The number of amides is 1. The van der Waals surface area contributed by atoms with Gasteiger partial charge in [0.15, 0.2) is 0 Å². The Balaban J connectivity index is 1.38. The Bertz CT molecular complexity index is 1510. The van der Waals surface area contributed by atoms with Gasteiger partial charge < -0.3 is 19.7 Å². The zero-order valence-corrected chi connectivity index (χ0v) is 25.5. The molecule has 1 amide bonds. The smallest absolute Gasteiger partial charge is 0.237 e. The highest BCUT2D eigenvalue weighted by molar-refractivity contribution is 7.93. The van der Waals surface area contributed by atoms with Crippen LogP contribution in [-0.2, 0) is 25.0 Å². The van der Waals surface area contributed by atoms with Gasteiger partial charge >= 0.3 is 0 Å². The minimum Gasteiger partial charge on any atom is -0.477 e. The highest BCUT2D eigenvalue weighted by Crippen LogP contribution is 2.41. The number of aromatic nitrogens is 5. The second kappa shape index (κ2) is 13.3. The minimum atomic E-state index is -3.56. The molecule has 2 N–H and O–H groups in total. The van der Waals surface area contributed by atoms with Gasteiger partial charge in [0.25, 0.3) is 0 Å². The van der Waals surface area contributed by atoms with Crippen LogP contribution in [-0.4, -0.2) is 89.4 Å². The number of pyridine rings is 1. The number of carbonyl (C=O) groups is 1. The maximum absolute atomic E-state index is 14.1. The number of nitrogens with zero attached hydrogens (tertiary/aromatic N) is 6. The second-order valence-electron chi connectivity index (χ2n) is 11.0. The van der Waals surface area contributed by atoms with Gasteiger partial charge in [-0.1, -0.05) is 0 Å². The molecule has 0 bridgehead atoms. The van der Waals surface area contributed by atoms with Crippen molar-refractivity contribution >= 4 is 27.7 Å². The molecule has 14 heteroatoms. The largest absolute Gasteiger partial charge is 0.477 e. The van der Waals surface area contributed by atoms with Gasteiger partial charge in [0.1, 0.15) is 5.82 Å². The van der Waals surface area contributed by atoms with Gasteiger partial charge in [-0.25, -0.2) is 28.4 Å². The summed E-state index contributed by atoms with van der Waals surface area (Å²) in [6, 6.07) is 5.50. The van der Waals surface area contributed by atoms with Crippen LogP contribution in [0, 0.1) is 0 Å². The van der Waals surface area contributed by atoms with Gasteiger partial charge in [-0.15, -0.1) is 0 Å². The zero-order valence-electron chi connectivity index (χ0n) is 24.7. The summed E-state index contributed by atoms with van der Waals surface area (Å²) < 4.78 is 38.4. The molecule has 0 atom stereocenters. The maximum atomic E-state index is 14.1. The fraction of sp³-hybridized carbons (Fsp3) is 0.517. The Morgan fingerprint density at radius 1 is 1.07 bits per heavy atom. The van der Waals surface area contributed by atoms with E-state index in [-0.39, 0.29) is 17.9 Å². The van der Waals surface area contributed by atoms with E-state index >= 15 is 0 Å². The first kappa shape index (κ1) is 30.7. The Kier molecular flexibility index (Phi) is 9.47. The fourth-order valence-corrected chi connectivity index (χ4v) is 6.65. The van der Waals surface area contributed by atoms with Crippen molar-refractivity contribution in [1.29, 1.82) is 0 Å². The lowest BCUT2D eigenvalue weighted by Gasteiger charge is -2.41. The molecule has 2 aliphatic rings. The molecule has 2 aliphatic carbocycles. The molecule has 0 aromatic carbocycles. The number of carbonyl (C=O) groups excluding carboxylic acids is 1. The van der Waals surface area contributed by atoms with Crippen LogP contribution in [0.15, 0.2) is 43.0 Å².